The monoisotopic (exact) mass is 337 g/mol. The minimum atomic E-state index is -0.167. The van der Waals surface area contributed by atoms with Crippen LogP contribution in [0, 0.1) is 0 Å². The van der Waals surface area contributed by atoms with Gasteiger partial charge in [0.1, 0.15) is 0 Å². The van der Waals surface area contributed by atoms with Gasteiger partial charge < -0.3 is 0 Å². The van der Waals surface area contributed by atoms with Crippen LogP contribution in [0.1, 0.15) is 43.6 Å². The molecule has 1 aromatic carbocycles. The van der Waals surface area contributed by atoms with E-state index < -0.39 is 0 Å². The fourth-order valence-corrected chi connectivity index (χ4v) is 2.95. The average molecular weight is 338 g/mol. The quantitative estimate of drug-likeness (QED) is 0.666. The van der Waals surface area contributed by atoms with E-state index in [9.17, 15) is 0 Å². The molecule has 0 bridgehead atoms. The van der Waals surface area contributed by atoms with Crippen molar-refractivity contribution < 1.29 is 0 Å². The highest BCUT2D eigenvalue weighted by atomic mass is 79.9. The van der Waals surface area contributed by atoms with Crippen molar-refractivity contribution in [2.45, 2.75) is 32.2 Å². The number of hydrogen-bond acceptors (Lipinski definition) is 4. The van der Waals surface area contributed by atoms with Crippen LogP contribution in [0.15, 0.2) is 28.9 Å². The van der Waals surface area contributed by atoms with Crippen LogP contribution < -0.4 is 11.3 Å². The molecule has 1 aromatic heterocycles. The summed E-state index contributed by atoms with van der Waals surface area (Å²) in [5, 5.41) is 8.06. The van der Waals surface area contributed by atoms with E-state index in [-0.39, 0.29) is 11.5 Å². The molecular formula is C14H20BrN5. The molecule has 0 spiro atoms. The molecule has 0 radical (unpaired) electrons. The van der Waals surface area contributed by atoms with E-state index in [0.29, 0.717) is 4.60 Å². The number of rotatable bonds is 3. The first kappa shape index (κ1) is 15.2. The Kier molecular flexibility index (Phi) is 4.27. The zero-order chi connectivity index (χ0) is 14.9. The number of benzene rings is 1. The van der Waals surface area contributed by atoms with E-state index in [2.05, 4.69) is 64.6 Å². The van der Waals surface area contributed by atoms with Gasteiger partial charge in [0.25, 0.3) is 0 Å². The highest BCUT2D eigenvalue weighted by Gasteiger charge is 2.26. The Morgan fingerprint density at radius 2 is 1.95 bits per heavy atom. The SMILES string of the molecule is Cn1nnc(Br)c1C(NN)c1ccccc1C(C)(C)C. The zero-order valence-electron chi connectivity index (χ0n) is 12.2. The van der Waals surface area contributed by atoms with Gasteiger partial charge in [-0.2, -0.15) is 0 Å². The van der Waals surface area contributed by atoms with Gasteiger partial charge in [-0.15, -0.1) is 5.10 Å². The summed E-state index contributed by atoms with van der Waals surface area (Å²) in [4.78, 5) is 0. The highest BCUT2D eigenvalue weighted by molar-refractivity contribution is 9.10. The van der Waals surface area contributed by atoms with E-state index in [0.717, 1.165) is 11.3 Å². The topological polar surface area (TPSA) is 68.8 Å². The Hall–Kier alpha value is -1.24. The molecule has 0 aliphatic carbocycles. The number of hydrogen-bond donors (Lipinski definition) is 2. The second-order valence-electron chi connectivity index (χ2n) is 5.83. The third kappa shape index (κ3) is 2.77. The molecule has 0 aliphatic heterocycles. The third-order valence-corrected chi connectivity index (χ3v) is 3.91. The number of halogens is 1. The van der Waals surface area contributed by atoms with Crippen molar-refractivity contribution in [3.63, 3.8) is 0 Å². The molecule has 0 saturated carbocycles. The summed E-state index contributed by atoms with van der Waals surface area (Å²) in [6.45, 7) is 6.57. The average Bonchev–Trinajstić information content (AvgIpc) is 2.71. The number of nitrogens with one attached hydrogen (secondary N) is 1. The molecule has 0 amide bonds. The predicted octanol–water partition coefficient (Wildman–Crippen LogP) is 2.43. The van der Waals surface area contributed by atoms with Crippen LogP contribution in [0.3, 0.4) is 0 Å². The van der Waals surface area contributed by atoms with Gasteiger partial charge in [0.15, 0.2) is 4.60 Å². The van der Waals surface area contributed by atoms with E-state index in [1.54, 1.807) is 4.68 Å². The molecule has 2 rings (SSSR count). The molecule has 0 aliphatic rings. The largest absolute Gasteiger partial charge is 0.271 e. The van der Waals surface area contributed by atoms with Crippen molar-refractivity contribution in [3.8, 4) is 0 Å². The van der Waals surface area contributed by atoms with Crippen LogP contribution in [-0.2, 0) is 12.5 Å². The minimum absolute atomic E-state index is 0.0319. The van der Waals surface area contributed by atoms with Gasteiger partial charge in [0.2, 0.25) is 0 Å². The van der Waals surface area contributed by atoms with Gasteiger partial charge in [-0.25, -0.2) is 10.1 Å². The van der Waals surface area contributed by atoms with Gasteiger partial charge in [-0.05, 0) is 32.5 Å². The van der Waals surface area contributed by atoms with Crippen molar-refractivity contribution in [2.75, 3.05) is 0 Å². The molecule has 5 nitrogen and oxygen atoms in total. The molecule has 1 heterocycles. The third-order valence-electron chi connectivity index (χ3n) is 3.35. The van der Waals surface area contributed by atoms with Crippen molar-refractivity contribution in [3.05, 3.63) is 45.7 Å². The Morgan fingerprint density at radius 3 is 2.45 bits per heavy atom. The summed E-state index contributed by atoms with van der Waals surface area (Å²) in [5.41, 5.74) is 6.20. The minimum Gasteiger partial charge on any atom is -0.271 e. The molecular weight excluding hydrogens is 318 g/mol. The lowest BCUT2D eigenvalue weighted by Gasteiger charge is -2.27. The molecule has 1 unspecified atom stereocenters. The smallest absolute Gasteiger partial charge is 0.153 e. The van der Waals surface area contributed by atoms with Crippen molar-refractivity contribution >= 4 is 15.9 Å². The second-order valence-corrected chi connectivity index (χ2v) is 6.58. The van der Waals surface area contributed by atoms with Crippen LogP contribution in [0.25, 0.3) is 0 Å². The molecule has 1 atom stereocenters. The Bertz CT molecular complexity index is 580. The summed E-state index contributed by atoms with van der Waals surface area (Å²) < 4.78 is 2.43. The Morgan fingerprint density at radius 1 is 1.30 bits per heavy atom. The van der Waals surface area contributed by atoms with Crippen LogP contribution in [0.5, 0.6) is 0 Å². The molecule has 108 valence electrons. The highest BCUT2D eigenvalue weighted by Crippen LogP contribution is 2.33. The Balaban J connectivity index is 2.60. The van der Waals surface area contributed by atoms with Crippen molar-refractivity contribution in [1.82, 2.24) is 20.4 Å². The first-order chi connectivity index (χ1) is 9.36. The van der Waals surface area contributed by atoms with Gasteiger partial charge in [-0.1, -0.05) is 50.3 Å². The summed E-state index contributed by atoms with van der Waals surface area (Å²) >= 11 is 3.44. The standard InChI is InChI=1S/C14H20BrN5/c1-14(2,3)10-8-6-5-7-9(10)11(17-16)12-13(15)18-19-20(12)4/h5-8,11,17H,16H2,1-4H3. The molecule has 0 saturated heterocycles. The maximum Gasteiger partial charge on any atom is 0.153 e. The van der Waals surface area contributed by atoms with Crippen molar-refractivity contribution in [1.29, 1.82) is 0 Å². The van der Waals surface area contributed by atoms with E-state index in [1.807, 2.05) is 19.2 Å². The fraction of sp³-hybridized carbons (Fsp3) is 0.429. The first-order valence-corrected chi connectivity index (χ1v) is 7.26. The van der Waals surface area contributed by atoms with Crippen LogP contribution in [0.4, 0.5) is 0 Å². The van der Waals surface area contributed by atoms with E-state index in [4.69, 9.17) is 5.84 Å². The number of aryl methyl sites for hydroxylation is 1. The van der Waals surface area contributed by atoms with E-state index >= 15 is 0 Å². The number of aromatic nitrogens is 3. The molecule has 20 heavy (non-hydrogen) atoms. The molecule has 6 heteroatoms. The zero-order valence-corrected chi connectivity index (χ0v) is 13.8. The summed E-state index contributed by atoms with van der Waals surface area (Å²) in [6, 6.07) is 8.13. The van der Waals surface area contributed by atoms with Gasteiger partial charge in [-0.3, -0.25) is 5.84 Å². The summed E-state index contributed by atoms with van der Waals surface area (Å²) in [5.74, 6) is 5.81. The molecule has 3 N–H and O–H groups in total. The number of hydrazine groups is 1. The predicted molar refractivity (Wildman–Crippen MR) is 83.0 cm³/mol. The lowest BCUT2D eigenvalue weighted by Crippen LogP contribution is -2.32. The molecule has 0 fully saturated rings. The summed E-state index contributed by atoms with van der Waals surface area (Å²) in [7, 11) is 1.86. The fourth-order valence-electron chi connectivity index (χ4n) is 2.39. The lowest BCUT2D eigenvalue weighted by molar-refractivity contribution is 0.535. The maximum absolute atomic E-state index is 5.81. The first-order valence-electron chi connectivity index (χ1n) is 6.47. The van der Waals surface area contributed by atoms with Crippen LogP contribution in [0.2, 0.25) is 0 Å². The number of nitrogens with zero attached hydrogens (tertiary/aromatic N) is 3. The van der Waals surface area contributed by atoms with E-state index in [1.165, 1.54) is 5.56 Å². The van der Waals surface area contributed by atoms with Crippen molar-refractivity contribution in [2.24, 2.45) is 12.9 Å². The maximum atomic E-state index is 5.81. The lowest BCUT2D eigenvalue weighted by atomic mass is 9.81. The van der Waals surface area contributed by atoms with Crippen LogP contribution >= 0.6 is 15.9 Å². The normalized spacial score (nSPS) is 13.5. The van der Waals surface area contributed by atoms with Gasteiger partial charge >= 0.3 is 0 Å². The molecule has 2 aromatic rings. The number of nitrogens with two attached hydrogens (primary N) is 1. The van der Waals surface area contributed by atoms with Gasteiger partial charge in [0.05, 0.1) is 11.7 Å². The summed E-state index contributed by atoms with van der Waals surface area (Å²) in [6.07, 6.45) is 0. The second kappa shape index (κ2) is 5.63. The Labute approximate surface area is 127 Å². The van der Waals surface area contributed by atoms with Gasteiger partial charge in [0, 0.05) is 7.05 Å². The van der Waals surface area contributed by atoms with Crippen LogP contribution in [-0.4, -0.2) is 15.0 Å².